The summed E-state index contributed by atoms with van der Waals surface area (Å²) in [4.78, 5) is 26.6. The molecule has 2 aromatic carbocycles. The Morgan fingerprint density at radius 3 is 2.56 bits per heavy atom. The maximum atomic E-state index is 13.0. The van der Waals surface area contributed by atoms with Crippen LogP contribution >= 0.6 is 23.1 Å². The van der Waals surface area contributed by atoms with Crippen molar-refractivity contribution in [3.63, 3.8) is 0 Å². The predicted molar refractivity (Wildman–Crippen MR) is 141 cm³/mol. The molecule has 0 unspecified atom stereocenters. The molecule has 3 heterocycles. The number of carbonyl (C=O) groups is 1. The van der Waals surface area contributed by atoms with Gasteiger partial charge >= 0.3 is 0 Å². The van der Waals surface area contributed by atoms with E-state index in [2.05, 4.69) is 38.4 Å². The number of carbonyl (C=O) groups excluding carboxylic acids is 1. The minimum Gasteiger partial charge on any atom is -0.378 e. The van der Waals surface area contributed by atoms with Gasteiger partial charge in [-0.1, -0.05) is 42.1 Å². The largest absolute Gasteiger partial charge is 0.378 e. The van der Waals surface area contributed by atoms with Crippen LogP contribution in [-0.4, -0.2) is 47.4 Å². The van der Waals surface area contributed by atoms with Crippen molar-refractivity contribution in [1.29, 1.82) is 0 Å². The highest BCUT2D eigenvalue weighted by Gasteiger charge is 2.20. The first-order valence-corrected chi connectivity index (χ1v) is 13.0. The average molecular weight is 491 g/mol. The molecule has 5 rings (SSSR count). The van der Waals surface area contributed by atoms with Crippen LogP contribution in [0.5, 0.6) is 0 Å². The number of benzene rings is 2. The van der Waals surface area contributed by atoms with Crippen molar-refractivity contribution in [2.45, 2.75) is 24.1 Å². The highest BCUT2D eigenvalue weighted by Crippen LogP contribution is 2.37. The number of hydrogen-bond acceptors (Lipinski definition) is 7. The van der Waals surface area contributed by atoms with Crippen LogP contribution in [0.2, 0.25) is 0 Å². The predicted octanol–water partition coefficient (Wildman–Crippen LogP) is 5.62. The second-order valence-electron chi connectivity index (χ2n) is 8.17. The lowest BCUT2D eigenvalue weighted by Gasteiger charge is -2.28. The quantitative estimate of drug-likeness (QED) is 0.279. The van der Waals surface area contributed by atoms with E-state index in [0.29, 0.717) is 5.82 Å². The lowest BCUT2D eigenvalue weighted by Crippen LogP contribution is -2.36. The van der Waals surface area contributed by atoms with Crippen LogP contribution in [0.4, 0.5) is 11.4 Å². The van der Waals surface area contributed by atoms with Gasteiger partial charge in [-0.15, -0.1) is 11.3 Å². The van der Waals surface area contributed by atoms with Crippen LogP contribution in [0.1, 0.15) is 12.7 Å². The number of aryl methyl sites for hydroxylation is 1. The summed E-state index contributed by atoms with van der Waals surface area (Å²) >= 11 is 3.12. The number of nitrogens with zero attached hydrogens (tertiary/aromatic N) is 3. The third kappa shape index (κ3) is 5.09. The molecular weight excluding hydrogens is 464 g/mol. The number of rotatable bonds is 6. The number of hydrogen-bond donors (Lipinski definition) is 1. The van der Waals surface area contributed by atoms with Gasteiger partial charge in [0.1, 0.15) is 15.7 Å². The van der Waals surface area contributed by atoms with Crippen molar-refractivity contribution in [2.75, 3.05) is 36.5 Å². The number of ether oxygens (including phenoxy) is 1. The summed E-state index contributed by atoms with van der Waals surface area (Å²) in [7, 11) is 0. The fraction of sp³-hybridized carbons (Fsp3) is 0.269. The molecule has 174 valence electrons. The third-order valence-corrected chi connectivity index (χ3v) is 7.88. The van der Waals surface area contributed by atoms with Gasteiger partial charge in [0, 0.05) is 34.7 Å². The maximum Gasteiger partial charge on any atom is 0.237 e. The van der Waals surface area contributed by atoms with Crippen molar-refractivity contribution in [3.8, 4) is 10.4 Å². The Bertz CT molecular complexity index is 1290. The number of fused-ring (bicyclic) bond motifs is 1. The molecule has 4 aromatic rings. The van der Waals surface area contributed by atoms with Gasteiger partial charge in [0.05, 0.1) is 18.5 Å². The van der Waals surface area contributed by atoms with E-state index in [-0.39, 0.29) is 11.2 Å². The molecule has 0 radical (unpaired) electrons. The number of nitrogens with one attached hydrogen (secondary N) is 1. The fourth-order valence-electron chi connectivity index (χ4n) is 3.87. The standard InChI is InChI=1S/C26H26N4O2S2/c1-17(24(31)29-20-8-10-21(11-9-20)30-12-14-32-15-13-30)33-25-22-16-23(19-6-4-3-5-7-19)34-26(22)28-18(2)27-25/h3-11,16-17H,12-15H2,1-2H3,(H,29,31)/t17-/m1/s1. The Balaban J connectivity index is 1.29. The molecule has 1 fully saturated rings. The van der Waals surface area contributed by atoms with Crippen molar-refractivity contribution in [3.05, 3.63) is 66.5 Å². The van der Waals surface area contributed by atoms with Gasteiger partial charge in [-0.25, -0.2) is 9.97 Å². The van der Waals surface area contributed by atoms with E-state index in [4.69, 9.17) is 4.74 Å². The topological polar surface area (TPSA) is 67.4 Å². The minimum absolute atomic E-state index is 0.0490. The Morgan fingerprint density at radius 2 is 1.82 bits per heavy atom. The van der Waals surface area contributed by atoms with Crippen LogP contribution in [0.25, 0.3) is 20.7 Å². The monoisotopic (exact) mass is 490 g/mol. The average Bonchev–Trinajstić information content (AvgIpc) is 3.30. The number of morpholine rings is 1. The van der Waals surface area contributed by atoms with E-state index >= 15 is 0 Å². The zero-order valence-corrected chi connectivity index (χ0v) is 20.8. The number of thiophene rings is 1. The molecule has 1 aliphatic heterocycles. The second kappa shape index (κ2) is 10.1. The van der Waals surface area contributed by atoms with E-state index in [0.717, 1.165) is 63.4 Å². The highest BCUT2D eigenvalue weighted by molar-refractivity contribution is 8.00. The Hall–Kier alpha value is -2.94. The van der Waals surface area contributed by atoms with Crippen LogP contribution < -0.4 is 10.2 Å². The molecule has 1 amide bonds. The van der Waals surface area contributed by atoms with E-state index < -0.39 is 0 Å². The van der Waals surface area contributed by atoms with Gasteiger partial charge in [-0.3, -0.25) is 4.79 Å². The summed E-state index contributed by atoms with van der Waals surface area (Å²) in [6.45, 7) is 7.09. The molecule has 1 aliphatic rings. The number of thioether (sulfide) groups is 1. The van der Waals surface area contributed by atoms with Gasteiger partial charge in [-0.2, -0.15) is 0 Å². The Labute approximate surface area is 207 Å². The normalized spacial score (nSPS) is 14.8. The van der Waals surface area contributed by atoms with Crippen LogP contribution in [0.15, 0.2) is 65.7 Å². The Kier molecular flexibility index (Phi) is 6.80. The van der Waals surface area contributed by atoms with Crippen LogP contribution in [0.3, 0.4) is 0 Å². The molecule has 34 heavy (non-hydrogen) atoms. The molecule has 1 N–H and O–H groups in total. The molecule has 8 heteroatoms. The lowest BCUT2D eigenvalue weighted by molar-refractivity contribution is -0.115. The maximum absolute atomic E-state index is 13.0. The summed E-state index contributed by atoms with van der Waals surface area (Å²) in [6, 6.07) is 20.4. The van der Waals surface area contributed by atoms with Gasteiger partial charge in [0.2, 0.25) is 5.91 Å². The van der Waals surface area contributed by atoms with E-state index in [9.17, 15) is 4.79 Å². The molecule has 1 saturated heterocycles. The van der Waals surface area contributed by atoms with Crippen LogP contribution in [-0.2, 0) is 9.53 Å². The molecule has 2 aromatic heterocycles. The van der Waals surface area contributed by atoms with E-state index in [1.807, 2.05) is 56.3 Å². The first kappa shape index (κ1) is 22.8. The molecule has 0 aliphatic carbocycles. The van der Waals surface area contributed by atoms with Crippen molar-refractivity contribution in [1.82, 2.24) is 9.97 Å². The highest BCUT2D eigenvalue weighted by atomic mass is 32.2. The zero-order chi connectivity index (χ0) is 23.5. The molecular formula is C26H26N4O2S2. The van der Waals surface area contributed by atoms with E-state index in [1.54, 1.807) is 11.3 Å². The van der Waals surface area contributed by atoms with Gasteiger partial charge in [-0.05, 0) is 49.7 Å². The number of amides is 1. The third-order valence-electron chi connectivity index (χ3n) is 5.70. The van der Waals surface area contributed by atoms with Gasteiger partial charge in [0.15, 0.2) is 0 Å². The van der Waals surface area contributed by atoms with Crippen molar-refractivity contribution >= 4 is 50.6 Å². The summed E-state index contributed by atoms with van der Waals surface area (Å²) in [5, 5.41) is 4.57. The summed E-state index contributed by atoms with van der Waals surface area (Å²) in [6.07, 6.45) is 0. The Morgan fingerprint density at radius 1 is 1.09 bits per heavy atom. The lowest BCUT2D eigenvalue weighted by atomic mass is 10.2. The molecule has 0 spiro atoms. The smallest absolute Gasteiger partial charge is 0.237 e. The van der Waals surface area contributed by atoms with Gasteiger partial charge in [0.25, 0.3) is 0 Å². The van der Waals surface area contributed by atoms with E-state index in [1.165, 1.54) is 11.8 Å². The van der Waals surface area contributed by atoms with Crippen molar-refractivity contribution < 1.29 is 9.53 Å². The SMILES string of the molecule is Cc1nc(S[C@H](C)C(=O)Nc2ccc(N3CCOCC3)cc2)c2cc(-c3ccccc3)sc2n1. The number of aromatic nitrogens is 2. The summed E-state index contributed by atoms with van der Waals surface area (Å²) < 4.78 is 5.42. The molecule has 0 bridgehead atoms. The van der Waals surface area contributed by atoms with Crippen molar-refractivity contribution in [2.24, 2.45) is 0 Å². The van der Waals surface area contributed by atoms with Crippen LogP contribution in [0, 0.1) is 6.92 Å². The molecule has 1 atom stereocenters. The minimum atomic E-state index is -0.309. The summed E-state index contributed by atoms with van der Waals surface area (Å²) in [5.41, 5.74) is 3.10. The van der Waals surface area contributed by atoms with Gasteiger partial charge < -0.3 is 15.0 Å². The summed E-state index contributed by atoms with van der Waals surface area (Å²) in [5.74, 6) is 0.662. The second-order valence-corrected chi connectivity index (χ2v) is 10.5. The first-order chi connectivity index (χ1) is 16.6. The molecule has 6 nitrogen and oxygen atoms in total. The number of anilines is 2. The first-order valence-electron chi connectivity index (χ1n) is 11.3. The zero-order valence-electron chi connectivity index (χ0n) is 19.2. The molecule has 0 saturated carbocycles. The fourth-order valence-corrected chi connectivity index (χ4v) is 5.99.